The fourth-order valence-electron chi connectivity index (χ4n) is 2.59. The predicted octanol–water partition coefficient (Wildman–Crippen LogP) is 2.18. The topological polar surface area (TPSA) is 60.0 Å². The molecule has 3 rings (SSSR count). The molecule has 21 heavy (non-hydrogen) atoms. The summed E-state index contributed by atoms with van der Waals surface area (Å²) < 4.78 is 1.82. The minimum atomic E-state index is 0.775. The van der Waals surface area contributed by atoms with Crippen molar-refractivity contribution in [2.75, 3.05) is 12.8 Å². The van der Waals surface area contributed by atoms with Gasteiger partial charge in [-0.3, -0.25) is 14.6 Å². The lowest BCUT2D eigenvalue weighted by Crippen LogP contribution is -2.17. The number of nitrogens with zero attached hydrogens (tertiary/aromatic N) is 4. The molecule has 0 radical (unpaired) electrons. The third kappa shape index (κ3) is 2.87. The largest absolute Gasteiger partial charge is 0.398 e. The second kappa shape index (κ2) is 5.54. The SMILES string of the molecule is CN(Cc1cnn(C)c1)Cc1ccc(N)c2cccnc12. The lowest BCUT2D eigenvalue weighted by Gasteiger charge is -2.17. The Balaban J connectivity index is 1.83. The highest BCUT2D eigenvalue weighted by Crippen LogP contribution is 2.23. The second-order valence-electron chi connectivity index (χ2n) is 5.41. The van der Waals surface area contributed by atoms with Crippen molar-refractivity contribution in [1.29, 1.82) is 0 Å². The number of aromatic nitrogens is 3. The van der Waals surface area contributed by atoms with Crippen LogP contribution in [0.15, 0.2) is 42.9 Å². The summed E-state index contributed by atoms with van der Waals surface area (Å²) in [5, 5.41) is 5.22. The van der Waals surface area contributed by atoms with Gasteiger partial charge in [0.2, 0.25) is 0 Å². The van der Waals surface area contributed by atoms with E-state index in [1.54, 1.807) is 0 Å². The number of benzene rings is 1. The van der Waals surface area contributed by atoms with Crippen molar-refractivity contribution in [3.63, 3.8) is 0 Å². The van der Waals surface area contributed by atoms with Crippen molar-refractivity contribution in [2.45, 2.75) is 13.1 Å². The van der Waals surface area contributed by atoms with Crippen molar-refractivity contribution in [3.05, 3.63) is 54.0 Å². The predicted molar refractivity (Wildman–Crippen MR) is 84.5 cm³/mol. The summed E-state index contributed by atoms with van der Waals surface area (Å²) >= 11 is 0. The summed E-state index contributed by atoms with van der Waals surface area (Å²) in [6.45, 7) is 1.68. The highest BCUT2D eigenvalue weighted by atomic mass is 15.2. The molecule has 0 aliphatic carbocycles. The van der Waals surface area contributed by atoms with E-state index in [2.05, 4.69) is 28.1 Å². The number of anilines is 1. The zero-order chi connectivity index (χ0) is 14.8. The molecular weight excluding hydrogens is 262 g/mol. The van der Waals surface area contributed by atoms with Gasteiger partial charge < -0.3 is 5.73 Å². The first-order chi connectivity index (χ1) is 10.1. The molecule has 2 N–H and O–H groups in total. The average Bonchev–Trinajstić information content (AvgIpc) is 2.87. The van der Waals surface area contributed by atoms with E-state index >= 15 is 0 Å². The third-order valence-electron chi connectivity index (χ3n) is 3.54. The first-order valence-electron chi connectivity index (χ1n) is 6.91. The van der Waals surface area contributed by atoms with E-state index in [1.807, 2.05) is 48.5 Å². The van der Waals surface area contributed by atoms with E-state index in [0.717, 1.165) is 29.7 Å². The van der Waals surface area contributed by atoms with Gasteiger partial charge >= 0.3 is 0 Å². The molecule has 0 unspecified atom stereocenters. The van der Waals surface area contributed by atoms with Crippen molar-refractivity contribution < 1.29 is 0 Å². The Morgan fingerprint density at radius 2 is 2.10 bits per heavy atom. The molecular formula is C16H19N5. The molecule has 0 atom stereocenters. The average molecular weight is 281 g/mol. The van der Waals surface area contributed by atoms with Crippen LogP contribution in [0.3, 0.4) is 0 Å². The van der Waals surface area contributed by atoms with Crippen LogP contribution in [0.5, 0.6) is 0 Å². The van der Waals surface area contributed by atoms with Crippen LogP contribution >= 0.6 is 0 Å². The molecule has 0 aliphatic heterocycles. The molecule has 3 aromatic rings. The Bertz CT molecular complexity index is 762. The van der Waals surface area contributed by atoms with Gasteiger partial charge in [0.05, 0.1) is 11.7 Å². The summed E-state index contributed by atoms with van der Waals surface area (Å²) in [4.78, 5) is 6.73. The monoisotopic (exact) mass is 281 g/mol. The van der Waals surface area contributed by atoms with Crippen LogP contribution in [-0.2, 0) is 20.1 Å². The molecule has 108 valence electrons. The van der Waals surface area contributed by atoms with Gasteiger partial charge in [-0.2, -0.15) is 5.10 Å². The summed E-state index contributed by atoms with van der Waals surface area (Å²) in [7, 11) is 4.03. The van der Waals surface area contributed by atoms with Crippen LogP contribution in [0.1, 0.15) is 11.1 Å². The van der Waals surface area contributed by atoms with E-state index in [9.17, 15) is 0 Å². The first-order valence-corrected chi connectivity index (χ1v) is 6.91. The van der Waals surface area contributed by atoms with Crippen LogP contribution in [0.2, 0.25) is 0 Å². The van der Waals surface area contributed by atoms with Crippen molar-refractivity contribution in [2.24, 2.45) is 7.05 Å². The van der Waals surface area contributed by atoms with E-state index in [1.165, 1.54) is 11.1 Å². The maximum atomic E-state index is 6.02. The number of nitrogen functional groups attached to an aromatic ring is 1. The Morgan fingerprint density at radius 3 is 2.86 bits per heavy atom. The zero-order valence-electron chi connectivity index (χ0n) is 12.3. The number of hydrogen-bond donors (Lipinski definition) is 1. The van der Waals surface area contributed by atoms with Gasteiger partial charge in [-0.25, -0.2) is 0 Å². The third-order valence-corrected chi connectivity index (χ3v) is 3.54. The summed E-state index contributed by atoms with van der Waals surface area (Å²) in [5.74, 6) is 0. The van der Waals surface area contributed by atoms with Gasteiger partial charge in [0, 0.05) is 49.2 Å². The van der Waals surface area contributed by atoms with E-state index in [0.29, 0.717) is 0 Å². The summed E-state index contributed by atoms with van der Waals surface area (Å²) in [5.41, 5.74) is 10.2. The Hall–Kier alpha value is -2.40. The summed E-state index contributed by atoms with van der Waals surface area (Å²) in [6, 6.07) is 7.95. The number of fused-ring (bicyclic) bond motifs is 1. The Kier molecular flexibility index (Phi) is 3.58. The minimum Gasteiger partial charge on any atom is -0.398 e. The Morgan fingerprint density at radius 1 is 1.24 bits per heavy atom. The van der Waals surface area contributed by atoms with Gasteiger partial charge in [-0.15, -0.1) is 0 Å². The zero-order valence-corrected chi connectivity index (χ0v) is 12.3. The van der Waals surface area contributed by atoms with Crippen LogP contribution in [-0.4, -0.2) is 26.7 Å². The normalized spacial score (nSPS) is 11.4. The number of hydrogen-bond acceptors (Lipinski definition) is 4. The number of rotatable bonds is 4. The fraction of sp³-hybridized carbons (Fsp3) is 0.250. The molecule has 0 spiro atoms. The van der Waals surface area contributed by atoms with Crippen LogP contribution < -0.4 is 5.73 Å². The van der Waals surface area contributed by atoms with E-state index in [4.69, 9.17) is 5.73 Å². The maximum Gasteiger partial charge on any atom is 0.0767 e. The van der Waals surface area contributed by atoms with Gasteiger partial charge in [0.25, 0.3) is 0 Å². The van der Waals surface area contributed by atoms with Gasteiger partial charge in [0.1, 0.15) is 0 Å². The molecule has 0 amide bonds. The maximum absolute atomic E-state index is 6.02. The van der Waals surface area contributed by atoms with Crippen LogP contribution in [0, 0.1) is 0 Å². The molecule has 5 nitrogen and oxygen atoms in total. The van der Waals surface area contributed by atoms with E-state index < -0.39 is 0 Å². The molecule has 0 saturated carbocycles. The number of pyridine rings is 1. The van der Waals surface area contributed by atoms with Crippen LogP contribution in [0.4, 0.5) is 5.69 Å². The molecule has 1 aromatic carbocycles. The van der Waals surface area contributed by atoms with Crippen molar-refractivity contribution >= 4 is 16.6 Å². The molecule has 5 heteroatoms. The van der Waals surface area contributed by atoms with Gasteiger partial charge in [-0.1, -0.05) is 6.07 Å². The standard InChI is InChI=1S/C16H19N5/c1-20(9-12-8-19-21(2)10-12)11-13-5-6-15(17)14-4-3-7-18-16(13)14/h3-8,10H,9,11,17H2,1-2H3. The fourth-order valence-corrected chi connectivity index (χ4v) is 2.59. The molecule has 0 fully saturated rings. The Labute approximate surface area is 124 Å². The van der Waals surface area contributed by atoms with Gasteiger partial charge in [0.15, 0.2) is 0 Å². The molecule has 0 bridgehead atoms. The quantitative estimate of drug-likeness (QED) is 0.745. The molecule has 2 aromatic heterocycles. The van der Waals surface area contributed by atoms with Gasteiger partial charge in [-0.05, 0) is 30.8 Å². The number of nitrogens with two attached hydrogens (primary N) is 1. The highest BCUT2D eigenvalue weighted by Gasteiger charge is 2.08. The lowest BCUT2D eigenvalue weighted by atomic mass is 10.1. The van der Waals surface area contributed by atoms with Crippen LogP contribution in [0.25, 0.3) is 10.9 Å². The van der Waals surface area contributed by atoms with Crippen molar-refractivity contribution in [1.82, 2.24) is 19.7 Å². The summed E-state index contributed by atoms with van der Waals surface area (Å²) in [6.07, 6.45) is 5.75. The first kappa shape index (κ1) is 13.6. The molecule has 0 aliphatic rings. The minimum absolute atomic E-state index is 0.775. The smallest absolute Gasteiger partial charge is 0.0767 e. The molecule has 2 heterocycles. The highest BCUT2D eigenvalue weighted by molar-refractivity contribution is 5.92. The lowest BCUT2D eigenvalue weighted by molar-refractivity contribution is 0.320. The van der Waals surface area contributed by atoms with E-state index in [-0.39, 0.29) is 0 Å². The molecule has 0 saturated heterocycles. The second-order valence-corrected chi connectivity index (χ2v) is 5.41. The van der Waals surface area contributed by atoms with Crippen molar-refractivity contribution in [3.8, 4) is 0 Å². The number of aryl methyl sites for hydroxylation is 1.